The third-order valence-corrected chi connectivity index (χ3v) is 4.51. The lowest BCUT2D eigenvalue weighted by atomic mass is 10.1. The van der Waals surface area contributed by atoms with Crippen molar-refractivity contribution in [1.82, 2.24) is 4.90 Å². The molecular formula is C13H20N4O2S. The zero-order valence-corrected chi connectivity index (χ0v) is 12.8. The zero-order valence-electron chi connectivity index (χ0n) is 12.0. The van der Waals surface area contributed by atoms with Crippen molar-refractivity contribution >= 4 is 22.3 Å². The van der Waals surface area contributed by atoms with E-state index >= 15 is 0 Å². The van der Waals surface area contributed by atoms with Gasteiger partial charge in [0.1, 0.15) is 7.11 Å². The average Bonchev–Trinajstić information content (AvgIpc) is 2.47. The number of piperidine rings is 1. The molecule has 0 saturated carbocycles. The molecule has 3 aliphatic rings. The van der Waals surface area contributed by atoms with E-state index in [-0.39, 0.29) is 10.9 Å². The van der Waals surface area contributed by atoms with Crippen LogP contribution in [-0.2, 0) is 20.5 Å². The fourth-order valence-corrected chi connectivity index (χ4v) is 3.62. The molecule has 0 N–H and O–H groups in total. The van der Waals surface area contributed by atoms with Gasteiger partial charge in [0, 0.05) is 43.1 Å². The van der Waals surface area contributed by atoms with Crippen LogP contribution < -0.4 is 0 Å². The molecule has 0 aromatic carbocycles. The highest BCUT2D eigenvalue weighted by atomic mass is 32.2. The van der Waals surface area contributed by atoms with Gasteiger partial charge in [-0.05, 0) is 12.8 Å². The van der Waals surface area contributed by atoms with E-state index in [1.165, 1.54) is 0 Å². The SMILES string of the molecule is CON=C1CCN(C2=C3OCCCC3=NS(C)=N2)CC1. The first kappa shape index (κ1) is 13.6. The van der Waals surface area contributed by atoms with Crippen LogP contribution in [0.3, 0.4) is 0 Å². The van der Waals surface area contributed by atoms with Gasteiger partial charge in [-0.25, -0.2) is 4.40 Å². The molecule has 0 spiro atoms. The van der Waals surface area contributed by atoms with Crippen LogP contribution in [0.15, 0.2) is 25.5 Å². The first-order chi connectivity index (χ1) is 9.78. The first-order valence-corrected chi connectivity index (χ1v) is 8.49. The summed E-state index contributed by atoms with van der Waals surface area (Å²) in [6.07, 6.45) is 5.96. The largest absolute Gasteiger partial charge is 0.488 e. The van der Waals surface area contributed by atoms with Crippen molar-refractivity contribution in [2.24, 2.45) is 13.9 Å². The van der Waals surface area contributed by atoms with Gasteiger partial charge in [0.05, 0.1) is 18.0 Å². The fourth-order valence-electron chi connectivity index (χ4n) is 2.64. The first-order valence-electron chi connectivity index (χ1n) is 6.94. The Bertz CT molecular complexity index is 514. The van der Waals surface area contributed by atoms with E-state index in [0.717, 1.165) is 68.4 Å². The minimum absolute atomic E-state index is 0.274. The van der Waals surface area contributed by atoms with E-state index in [4.69, 9.17) is 13.9 Å². The normalized spacial score (nSPS) is 26.3. The maximum Gasteiger partial charge on any atom is 0.184 e. The predicted octanol–water partition coefficient (Wildman–Crippen LogP) is 1.87. The van der Waals surface area contributed by atoms with Gasteiger partial charge in [-0.3, -0.25) is 0 Å². The quantitative estimate of drug-likeness (QED) is 0.731. The number of rotatable bonds is 2. The molecule has 0 bridgehead atoms. The summed E-state index contributed by atoms with van der Waals surface area (Å²) in [5.74, 6) is 1.91. The molecule has 3 heterocycles. The van der Waals surface area contributed by atoms with E-state index in [1.807, 2.05) is 0 Å². The second-order valence-corrected chi connectivity index (χ2v) is 6.27. The van der Waals surface area contributed by atoms with Gasteiger partial charge in [0.15, 0.2) is 11.6 Å². The van der Waals surface area contributed by atoms with Gasteiger partial charge in [0.2, 0.25) is 0 Å². The molecule has 1 unspecified atom stereocenters. The number of likely N-dealkylation sites (tertiary alicyclic amines) is 1. The molecule has 0 aliphatic carbocycles. The summed E-state index contributed by atoms with van der Waals surface area (Å²) in [5.41, 5.74) is 2.22. The molecule has 0 aromatic heterocycles. The highest BCUT2D eigenvalue weighted by Gasteiger charge is 2.28. The molecule has 7 heteroatoms. The lowest BCUT2D eigenvalue weighted by Gasteiger charge is -2.33. The predicted molar refractivity (Wildman–Crippen MR) is 80.6 cm³/mol. The monoisotopic (exact) mass is 296 g/mol. The summed E-state index contributed by atoms with van der Waals surface area (Å²) in [6, 6.07) is 0. The van der Waals surface area contributed by atoms with Crippen LogP contribution in [0.2, 0.25) is 0 Å². The molecular weight excluding hydrogens is 276 g/mol. The molecule has 3 aliphatic heterocycles. The Balaban J connectivity index is 1.81. The Hall–Kier alpha value is -1.37. The van der Waals surface area contributed by atoms with Crippen molar-refractivity contribution in [3.8, 4) is 0 Å². The van der Waals surface area contributed by atoms with Gasteiger partial charge >= 0.3 is 0 Å². The van der Waals surface area contributed by atoms with Crippen molar-refractivity contribution < 1.29 is 9.57 Å². The minimum Gasteiger partial charge on any atom is -0.488 e. The second-order valence-electron chi connectivity index (χ2n) is 5.01. The molecule has 2 saturated heterocycles. The topological polar surface area (TPSA) is 58.8 Å². The number of hydrogen-bond acceptors (Lipinski definition) is 6. The van der Waals surface area contributed by atoms with E-state index in [2.05, 4.69) is 20.7 Å². The van der Waals surface area contributed by atoms with Crippen molar-refractivity contribution in [2.75, 3.05) is 33.1 Å². The van der Waals surface area contributed by atoms with E-state index in [9.17, 15) is 0 Å². The number of oxime groups is 1. The Labute approximate surface area is 121 Å². The number of nitrogens with zero attached hydrogens (tertiary/aromatic N) is 4. The summed E-state index contributed by atoms with van der Waals surface area (Å²) >= 11 is 0. The summed E-state index contributed by atoms with van der Waals surface area (Å²) < 4.78 is 15.2. The molecule has 0 radical (unpaired) electrons. The van der Waals surface area contributed by atoms with Gasteiger partial charge in [-0.15, -0.1) is 0 Å². The molecule has 3 rings (SSSR count). The number of allylic oxidation sites excluding steroid dienone is 1. The van der Waals surface area contributed by atoms with Crippen LogP contribution in [0.25, 0.3) is 0 Å². The third-order valence-electron chi connectivity index (χ3n) is 3.59. The van der Waals surface area contributed by atoms with Crippen molar-refractivity contribution in [3.63, 3.8) is 0 Å². The number of hydrogen-bond donors (Lipinski definition) is 0. The van der Waals surface area contributed by atoms with Crippen LogP contribution in [0.5, 0.6) is 0 Å². The van der Waals surface area contributed by atoms with Crippen LogP contribution in [0, 0.1) is 0 Å². The fraction of sp³-hybridized carbons (Fsp3) is 0.692. The molecule has 6 nitrogen and oxygen atoms in total. The Morgan fingerprint density at radius 3 is 2.85 bits per heavy atom. The lowest BCUT2D eigenvalue weighted by molar-refractivity contribution is 0.192. The van der Waals surface area contributed by atoms with Crippen LogP contribution >= 0.6 is 0 Å². The van der Waals surface area contributed by atoms with Gasteiger partial charge in [0.25, 0.3) is 0 Å². The smallest absolute Gasteiger partial charge is 0.184 e. The van der Waals surface area contributed by atoms with E-state index in [1.54, 1.807) is 7.11 Å². The number of fused-ring (bicyclic) bond motifs is 1. The average molecular weight is 296 g/mol. The van der Waals surface area contributed by atoms with Crippen molar-refractivity contribution in [2.45, 2.75) is 25.7 Å². The Morgan fingerprint density at radius 2 is 2.10 bits per heavy atom. The molecule has 2 fully saturated rings. The summed E-state index contributed by atoms with van der Waals surface area (Å²) in [4.78, 5) is 7.16. The van der Waals surface area contributed by atoms with Gasteiger partial charge < -0.3 is 14.5 Å². The van der Waals surface area contributed by atoms with Crippen LogP contribution in [0.4, 0.5) is 0 Å². The highest BCUT2D eigenvalue weighted by molar-refractivity contribution is 7.85. The second kappa shape index (κ2) is 5.95. The summed E-state index contributed by atoms with van der Waals surface area (Å²) in [6.45, 7) is 2.60. The van der Waals surface area contributed by atoms with Crippen molar-refractivity contribution in [1.29, 1.82) is 0 Å². The molecule has 20 heavy (non-hydrogen) atoms. The summed E-state index contributed by atoms with van der Waals surface area (Å²) in [7, 11) is 1.33. The molecule has 0 amide bonds. The summed E-state index contributed by atoms with van der Waals surface area (Å²) in [5, 5.41) is 4.05. The van der Waals surface area contributed by atoms with E-state index < -0.39 is 0 Å². The van der Waals surface area contributed by atoms with E-state index in [0.29, 0.717) is 0 Å². The van der Waals surface area contributed by atoms with Crippen LogP contribution in [-0.4, -0.2) is 49.4 Å². The molecule has 1 atom stereocenters. The van der Waals surface area contributed by atoms with Gasteiger partial charge in [-0.2, -0.15) is 4.36 Å². The standard InChI is InChI=1S/C13H20N4O2S/c1-18-14-10-5-7-17(8-6-10)13-12-11(4-3-9-19-12)15-20(2)16-13/h3-9H2,1-2H3. The third kappa shape index (κ3) is 2.72. The maximum atomic E-state index is 5.83. The highest BCUT2D eigenvalue weighted by Crippen LogP contribution is 2.27. The van der Waals surface area contributed by atoms with Gasteiger partial charge in [-0.1, -0.05) is 5.16 Å². The maximum absolute atomic E-state index is 5.83. The van der Waals surface area contributed by atoms with Crippen molar-refractivity contribution in [3.05, 3.63) is 11.6 Å². The van der Waals surface area contributed by atoms with Crippen LogP contribution in [0.1, 0.15) is 25.7 Å². The molecule has 0 aromatic rings. The lowest BCUT2D eigenvalue weighted by Crippen LogP contribution is -2.36. The minimum atomic E-state index is -0.274. The number of ether oxygens (including phenoxy) is 1. The zero-order chi connectivity index (χ0) is 13.9. The Morgan fingerprint density at radius 1 is 1.30 bits per heavy atom. The molecule has 110 valence electrons. The Kier molecular flexibility index (Phi) is 4.05.